The summed E-state index contributed by atoms with van der Waals surface area (Å²) in [5, 5.41) is 6.86. The fourth-order valence-electron chi connectivity index (χ4n) is 3.74. The van der Waals surface area contributed by atoms with Crippen molar-refractivity contribution >= 4 is 29.9 Å². The molecule has 1 aromatic rings. The van der Waals surface area contributed by atoms with Crippen molar-refractivity contribution in [1.82, 2.24) is 15.5 Å². The van der Waals surface area contributed by atoms with Gasteiger partial charge in [-0.15, -0.1) is 24.0 Å². The zero-order chi connectivity index (χ0) is 18.2. The second-order valence-electron chi connectivity index (χ2n) is 7.59. The molecule has 1 aromatic carbocycles. The Hall–Kier alpha value is -1.02. The number of likely N-dealkylation sites (tertiary alicyclic amines) is 1. The molecule has 6 heteroatoms. The van der Waals surface area contributed by atoms with Crippen LogP contribution in [0.15, 0.2) is 23.2 Å². The molecule has 2 heterocycles. The van der Waals surface area contributed by atoms with E-state index >= 15 is 0 Å². The molecule has 0 radical (unpaired) electrons. The molecule has 0 unspecified atom stereocenters. The molecule has 0 aliphatic carbocycles. The molecule has 0 spiro atoms. The molecule has 5 nitrogen and oxygen atoms in total. The number of benzene rings is 1. The van der Waals surface area contributed by atoms with Crippen LogP contribution in [-0.2, 0) is 12.8 Å². The van der Waals surface area contributed by atoms with E-state index in [0.29, 0.717) is 0 Å². The molecule has 1 fully saturated rings. The standard InChI is InChI=1S/C21H34N4O.HI/c1-17-7-13-25(14-8-17)12-3-10-23-21(22-2)24-11-6-18-4-5-20-19(16-18)9-15-26-20;/h4-5,16-17H,3,6-15H2,1-2H3,(H2,22,23,24);1H. The summed E-state index contributed by atoms with van der Waals surface area (Å²) in [4.78, 5) is 6.92. The minimum atomic E-state index is 0. The van der Waals surface area contributed by atoms with E-state index in [1.807, 2.05) is 7.05 Å². The highest BCUT2D eigenvalue weighted by atomic mass is 127. The molecular weight excluding hydrogens is 451 g/mol. The second kappa shape index (κ2) is 11.7. The Bertz CT molecular complexity index is 600. The van der Waals surface area contributed by atoms with Crippen molar-refractivity contribution in [3.63, 3.8) is 0 Å². The van der Waals surface area contributed by atoms with Crippen LogP contribution in [0.3, 0.4) is 0 Å². The van der Waals surface area contributed by atoms with Crippen LogP contribution in [-0.4, -0.2) is 57.2 Å². The van der Waals surface area contributed by atoms with E-state index in [4.69, 9.17) is 4.74 Å². The molecule has 2 aliphatic rings. The second-order valence-corrected chi connectivity index (χ2v) is 7.59. The third-order valence-corrected chi connectivity index (χ3v) is 5.50. The predicted octanol–water partition coefficient (Wildman–Crippen LogP) is 3.07. The van der Waals surface area contributed by atoms with E-state index in [0.717, 1.165) is 50.2 Å². The van der Waals surface area contributed by atoms with Crippen molar-refractivity contribution < 1.29 is 4.74 Å². The molecule has 2 aliphatic heterocycles. The van der Waals surface area contributed by atoms with E-state index in [2.05, 4.69) is 45.6 Å². The van der Waals surface area contributed by atoms with Gasteiger partial charge in [-0.3, -0.25) is 4.99 Å². The van der Waals surface area contributed by atoms with Crippen LogP contribution in [0.1, 0.15) is 37.3 Å². The summed E-state index contributed by atoms with van der Waals surface area (Å²) in [5.41, 5.74) is 2.70. The third kappa shape index (κ3) is 7.14. The molecule has 152 valence electrons. The number of piperidine rings is 1. The first-order valence-corrected chi connectivity index (χ1v) is 10.2. The summed E-state index contributed by atoms with van der Waals surface area (Å²) < 4.78 is 5.57. The molecule has 1 saturated heterocycles. The Kier molecular flexibility index (Phi) is 9.68. The highest BCUT2D eigenvalue weighted by Crippen LogP contribution is 2.25. The number of ether oxygens (including phenoxy) is 1. The summed E-state index contributed by atoms with van der Waals surface area (Å²) in [6.45, 7) is 8.77. The van der Waals surface area contributed by atoms with Gasteiger partial charge in [0, 0.05) is 26.6 Å². The minimum absolute atomic E-state index is 0. The summed E-state index contributed by atoms with van der Waals surface area (Å²) >= 11 is 0. The smallest absolute Gasteiger partial charge is 0.190 e. The normalized spacial score (nSPS) is 17.8. The fourth-order valence-corrected chi connectivity index (χ4v) is 3.74. The van der Waals surface area contributed by atoms with Gasteiger partial charge in [-0.1, -0.05) is 19.1 Å². The molecule has 3 rings (SSSR count). The van der Waals surface area contributed by atoms with Crippen LogP contribution in [0, 0.1) is 5.92 Å². The van der Waals surface area contributed by atoms with Crippen LogP contribution in [0.4, 0.5) is 0 Å². The van der Waals surface area contributed by atoms with E-state index in [1.54, 1.807) is 0 Å². The predicted molar refractivity (Wildman–Crippen MR) is 124 cm³/mol. The van der Waals surface area contributed by atoms with Crippen LogP contribution >= 0.6 is 24.0 Å². The van der Waals surface area contributed by atoms with Crippen LogP contribution in [0.2, 0.25) is 0 Å². The van der Waals surface area contributed by atoms with E-state index < -0.39 is 0 Å². The lowest BCUT2D eigenvalue weighted by Crippen LogP contribution is -2.40. The first kappa shape index (κ1) is 22.3. The average Bonchev–Trinajstić information content (AvgIpc) is 3.13. The zero-order valence-electron chi connectivity index (χ0n) is 16.8. The third-order valence-electron chi connectivity index (χ3n) is 5.50. The van der Waals surface area contributed by atoms with Crippen LogP contribution in [0.25, 0.3) is 0 Å². The van der Waals surface area contributed by atoms with Crippen molar-refractivity contribution in [1.29, 1.82) is 0 Å². The molecule has 0 saturated carbocycles. The van der Waals surface area contributed by atoms with Gasteiger partial charge >= 0.3 is 0 Å². The highest BCUT2D eigenvalue weighted by molar-refractivity contribution is 14.0. The highest BCUT2D eigenvalue weighted by Gasteiger charge is 2.15. The molecule has 27 heavy (non-hydrogen) atoms. The molecule has 0 bridgehead atoms. The van der Waals surface area contributed by atoms with E-state index in [-0.39, 0.29) is 24.0 Å². The van der Waals surface area contributed by atoms with Crippen molar-refractivity contribution in [3.8, 4) is 5.75 Å². The quantitative estimate of drug-likeness (QED) is 0.269. The summed E-state index contributed by atoms with van der Waals surface area (Å²) in [5.74, 6) is 2.87. The van der Waals surface area contributed by atoms with Crippen molar-refractivity contribution in [2.45, 2.75) is 39.0 Å². The summed E-state index contributed by atoms with van der Waals surface area (Å²) in [6, 6.07) is 6.55. The number of rotatable bonds is 7. The monoisotopic (exact) mass is 486 g/mol. The first-order valence-electron chi connectivity index (χ1n) is 10.2. The number of nitrogens with one attached hydrogen (secondary N) is 2. The zero-order valence-corrected chi connectivity index (χ0v) is 19.1. The first-order chi connectivity index (χ1) is 12.7. The van der Waals surface area contributed by atoms with Gasteiger partial charge < -0.3 is 20.3 Å². The Morgan fingerprint density at radius 3 is 2.78 bits per heavy atom. The summed E-state index contributed by atoms with van der Waals surface area (Å²) in [6.07, 6.45) is 5.91. The SMILES string of the molecule is CN=C(NCCCN1CCC(C)CC1)NCCc1ccc2c(c1)CCO2.I. The molecule has 0 atom stereocenters. The molecule has 2 N–H and O–H groups in total. The average molecular weight is 486 g/mol. The lowest BCUT2D eigenvalue weighted by Gasteiger charge is -2.30. The molecule has 0 aromatic heterocycles. The number of halogens is 1. The van der Waals surface area contributed by atoms with Crippen molar-refractivity contribution in [2.24, 2.45) is 10.9 Å². The Morgan fingerprint density at radius 1 is 1.22 bits per heavy atom. The van der Waals surface area contributed by atoms with Gasteiger partial charge in [0.25, 0.3) is 0 Å². The number of hydrogen-bond acceptors (Lipinski definition) is 3. The van der Waals surface area contributed by atoms with Gasteiger partial charge in [-0.2, -0.15) is 0 Å². The van der Waals surface area contributed by atoms with Gasteiger partial charge in [0.15, 0.2) is 5.96 Å². The van der Waals surface area contributed by atoms with E-state index in [1.165, 1.54) is 50.0 Å². The van der Waals surface area contributed by atoms with E-state index in [9.17, 15) is 0 Å². The Balaban J connectivity index is 0.00000261. The fraction of sp³-hybridized carbons (Fsp3) is 0.667. The lowest BCUT2D eigenvalue weighted by atomic mass is 9.99. The van der Waals surface area contributed by atoms with Crippen LogP contribution in [0.5, 0.6) is 5.75 Å². The number of guanidine groups is 1. The Labute approximate surface area is 181 Å². The minimum Gasteiger partial charge on any atom is -0.493 e. The largest absolute Gasteiger partial charge is 0.493 e. The van der Waals surface area contributed by atoms with Gasteiger partial charge in [-0.05, 0) is 68.4 Å². The summed E-state index contributed by atoms with van der Waals surface area (Å²) in [7, 11) is 1.84. The van der Waals surface area contributed by atoms with Gasteiger partial charge in [0.2, 0.25) is 0 Å². The lowest BCUT2D eigenvalue weighted by molar-refractivity contribution is 0.191. The van der Waals surface area contributed by atoms with Crippen molar-refractivity contribution in [2.75, 3.05) is 46.4 Å². The Morgan fingerprint density at radius 2 is 2.00 bits per heavy atom. The number of nitrogens with zero attached hydrogens (tertiary/aromatic N) is 2. The molecular formula is C21H35IN4O. The number of hydrogen-bond donors (Lipinski definition) is 2. The van der Waals surface area contributed by atoms with Gasteiger partial charge in [0.05, 0.1) is 6.61 Å². The maximum absolute atomic E-state index is 5.57. The molecule has 0 amide bonds. The topological polar surface area (TPSA) is 48.9 Å². The van der Waals surface area contributed by atoms with Gasteiger partial charge in [0.1, 0.15) is 5.75 Å². The van der Waals surface area contributed by atoms with Gasteiger partial charge in [-0.25, -0.2) is 0 Å². The maximum atomic E-state index is 5.57. The van der Waals surface area contributed by atoms with Crippen LogP contribution < -0.4 is 15.4 Å². The maximum Gasteiger partial charge on any atom is 0.190 e. The number of fused-ring (bicyclic) bond motifs is 1. The van der Waals surface area contributed by atoms with Crippen molar-refractivity contribution in [3.05, 3.63) is 29.3 Å². The number of aliphatic imine (C=N–C) groups is 1.